The molecule has 3 rings (SSSR count). The van der Waals surface area contributed by atoms with Gasteiger partial charge in [0.2, 0.25) is 0 Å². The minimum atomic E-state index is 0. The molecule has 6 nitrogen and oxygen atoms in total. The van der Waals surface area contributed by atoms with Crippen LogP contribution in [0.1, 0.15) is 24.0 Å². The second kappa shape index (κ2) is 11.3. The first-order chi connectivity index (χ1) is 12.7. The van der Waals surface area contributed by atoms with E-state index in [9.17, 15) is 0 Å². The molecule has 0 unspecified atom stereocenters. The van der Waals surface area contributed by atoms with Crippen molar-refractivity contribution in [2.24, 2.45) is 10.9 Å². The third kappa shape index (κ3) is 7.50. The van der Waals surface area contributed by atoms with Crippen LogP contribution in [0, 0.1) is 5.92 Å². The largest absolute Gasteiger partial charge is 0.379 e. The maximum absolute atomic E-state index is 5.72. The summed E-state index contributed by atoms with van der Waals surface area (Å²) in [5.74, 6) is 1.70. The number of benzene rings is 1. The minimum absolute atomic E-state index is 0. The number of ether oxygens (including phenoxy) is 1. The molecule has 0 spiro atoms. The van der Waals surface area contributed by atoms with Gasteiger partial charge in [-0.05, 0) is 29.9 Å². The molecule has 2 aromatic rings. The van der Waals surface area contributed by atoms with Crippen molar-refractivity contribution < 1.29 is 4.74 Å². The van der Waals surface area contributed by atoms with Crippen molar-refractivity contribution in [3.05, 3.63) is 54.1 Å². The highest BCUT2D eigenvalue weighted by Crippen LogP contribution is 2.28. The SMILES string of the molecule is CN=C(NCc1cccc(Cn2ccnc2)c1)N(C)CCOCC1CC1.I. The van der Waals surface area contributed by atoms with Crippen molar-refractivity contribution in [2.45, 2.75) is 25.9 Å². The Balaban J connectivity index is 0.00000261. The molecule has 0 aliphatic heterocycles. The van der Waals surface area contributed by atoms with E-state index in [1.807, 2.05) is 26.6 Å². The molecule has 1 aliphatic carbocycles. The van der Waals surface area contributed by atoms with E-state index in [1.165, 1.54) is 24.0 Å². The lowest BCUT2D eigenvalue weighted by atomic mass is 10.1. The molecule has 1 aliphatic rings. The molecule has 0 amide bonds. The van der Waals surface area contributed by atoms with Crippen LogP contribution < -0.4 is 5.32 Å². The molecule has 0 saturated heterocycles. The Morgan fingerprint density at radius 1 is 1.37 bits per heavy atom. The van der Waals surface area contributed by atoms with Crippen molar-refractivity contribution in [3.63, 3.8) is 0 Å². The van der Waals surface area contributed by atoms with Crippen LogP contribution in [0.4, 0.5) is 0 Å². The van der Waals surface area contributed by atoms with E-state index >= 15 is 0 Å². The highest BCUT2D eigenvalue weighted by atomic mass is 127. The zero-order valence-electron chi connectivity index (χ0n) is 16.2. The number of nitrogens with zero attached hydrogens (tertiary/aromatic N) is 4. The second-order valence-corrected chi connectivity index (χ2v) is 6.90. The molecule has 7 heteroatoms. The number of hydrogen-bond donors (Lipinski definition) is 1. The summed E-state index contributed by atoms with van der Waals surface area (Å²) in [6, 6.07) is 8.60. The summed E-state index contributed by atoms with van der Waals surface area (Å²) < 4.78 is 7.79. The van der Waals surface area contributed by atoms with Gasteiger partial charge in [0.25, 0.3) is 0 Å². The quantitative estimate of drug-likeness (QED) is 0.258. The lowest BCUT2D eigenvalue weighted by Gasteiger charge is -2.22. The number of likely N-dealkylation sites (N-methyl/N-ethyl adjacent to an activating group) is 1. The van der Waals surface area contributed by atoms with E-state index in [1.54, 1.807) is 6.20 Å². The smallest absolute Gasteiger partial charge is 0.193 e. The predicted octanol–water partition coefficient (Wildman–Crippen LogP) is 2.98. The third-order valence-corrected chi connectivity index (χ3v) is 4.56. The van der Waals surface area contributed by atoms with Crippen LogP contribution in [0.2, 0.25) is 0 Å². The summed E-state index contributed by atoms with van der Waals surface area (Å²) in [6.45, 7) is 4.07. The van der Waals surface area contributed by atoms with Crippen molar-refractivity contribution in [1.82, 2.24) is 19.8 Å². The third-order valence-electron chi connectivity index (χ3n) is 4.56. The zero-order valence-corrected chi connectivity index (χ0v) is 18.5. The van der Waals surface area contributed by atoms with E-state index in [4.69, 9.17) is 4.74 Å². The first kappa shape index (κ1) is 21.7. The number of imidazole rings is 1. The Morgan fingerprint density at radius 3 is 2.89 bits per heavy atom. The maximum Gasteiger partial charge on any atom is 0.193 e. The number of guanidine groups is 1. The van der Waals surface area contributed by atoms with Crippen LogP contribution in [-0.4, -0.2) is 54.3 Å². The number of hydrogen-bond acceptors (Lipinski definition) is 3. The average molecular weight is 483 g/mol. The molecule has 1 aromatic carbocycles. The predicted molar refractivity (Wildman–Crippen MR) is 120 cm³/mol. The summed E-state index contributed by atoms with van der Waals surface area (Å²) in [6.07, 6.45) is 8.29. The molecule has 1 heterocycles. The van der Waals surface area contributed by atoms with Gasteiger partial charge >= 0.3 is 0 Å². The summed E-state index contributed by atoms with van der Waals surface area (Å²) in [5, 5.41) is 3.43. The fourth-order valence-corrected chi connectivity index (χ4v) is 2.84. The van der Waals surface area contributed by atoms with Gasteiger partial charge in [-0.1, -0.05) is 24.3 Å². The van der Waals surface area contributed by atoms with E-state index in [2.05, 4.69) is 49.0 Å². The van der Waals surface area contributed by atoms with Crippen LogP contribution in [0.5, 0.6) is 0 Å². The fraction of sp³-hybridized carbons (Fsp3) is 0.500. The highest BCUT2D eigenvalue weighted by molar-refractivity contribution is 14.0. The lowest BCUT2D eigenvalue weighted by Crippen LogP contribution is -2.40. The molecule has 0 radical (unpaired) electrons. The van der Waals surface area contributed by atoms with E-state index in [0.717, 1.165) is 44.7 Å². The van der Waals surface area contributed by atoms with Crippen molar-refractivity contribution in [2.75, 3.05) is 33.9 Å². The number of aromatic nitrogens is 2. The second-order valence-electron chi connectivity index (χ2n) is 6.90. The van der Waals surface area contributed by atoms with Gasteiger partial charge in [-0.3, -0.25) is 4.99 Å². The number of rotatable bonds is 9. The van der Waals surface area contributed by atoms with Gasteiger partial charge < -0.3 is 19.5 Å². The van der Waals surface area contributed by atoms with Gasteiger partial charge in [-0.25, -0.2) is 4.98 Å². The molecule has 1 N–H and O–H groups in total. The first-order valence-corrected chi connectivity index (χ1v) is 9.27. The normalized spacial score (nSPS) is 13.9. The summed E-state index contributed by atoms with van der Waals surface area (Å²) in [7, 11) is 3.87. The van der Waals surface area contributed by atoms with Gasteiger partial charge in [0.15, 0.2) is 5.96 Å². The maximum atomic E-state index is 5.72. The zero-order chi connectivity index (χ0) is 18.2. The topological polar surface area (TPSA) is 54.7 Å². The van der Waals surface area contributed by atoms with E-state index in [0.29, 0.717) is 0 Å². The molecule has 1 aromatic heterocycles. The minimum Gasteiger partial charge on any atom is -0.379 e. The van der Waals surface area contributed by atoms with E-state index < -0.39 is 0 Å². The van der Waals surface area contributed by atoms with Crippen LogP contribution in [0.25, 0.3) is 0 Å². The van der Waals surface area contributed by atoms with Crippen molar-refractivity contribution >= 4 is 29.9 Å². The standard InChI is InChI=1S/C20H29N5O.HI/c1-21-20(24(2)10-11-26-15-17-6-7-17)23-13-18-4-3-5-19(12-18)14-25-9-8-22-16-25;/h3-5,8-9,12,16-17H,6-7,10-11,13-15H2,1-2H3,(H,21,23);1H. The fourth-order valence-electron chi connectivity index (χ4n) is 2.84. The van der Waals surface area contributed by atoms with Crippen LogP contribution in [0.15, 0.2) is 48.0 Å². The Labute approximate surface area is 179 Å². The highest BCUT2D eigenvalue weighted by Gasteiger charge is 2.21. The van der Waals surface area contributed by atoms with Gasteiger partial charge in [0, 0.05) is 52.7 Å². The molecule has 0 atom stereocenters. The summed E-state index contributed by atoms with van der Waals surface area (Å²) in [5.41, 5.74) is 2.50. The Morgan fingerprint density at radius 2 is 2.19 bits per heavy atom. The average Bonchev–Trinajstić information content (AvgIpc) is 3.34. The molecule has 0 bridgehead atoms. The van der Waals surface area contributed by atoms with Crippen LogP contribution in [-0.2, 0) is 17.8 Å². The molecule has 1 saturated carbocycles. The monoisotopic (exact) mass is 483 g/mol. The number of nitrogens with one attached hydrogen (secondary N) is 1. The van der Waals surface area contributed by atoms with E-state index in [-0.39, 0.29) is 24.0 Å². The van der Waals surface area contributed by atoms with Crippen molar-refractivity contribution in [1.29, 1.82) is 0 Å². The first-order valence-electron chi connectivity index (χ1n) is 9.27. The Kier molecular flexibility index (Phi) is 9.06. The van der Waals surface area contributed by atoms with Crippen LogP contribution in [0.3, 0.4) is 0 Å². The van der Waals surface area contributed by atoms with Crippen LogP contribution >= 0.6 is 24.0 Å². The Bertz CT molecular complexity index is 700. The molecular formula is C20H30IN5O. The summed E-state index contributed by atoms with van der Waals surface area (Å²) >= 11 is 0. The molecule has 1 fully saturated rings. The molecular weight excluding hydrogens is 453 g/mol. The number of aliphatic imine (C=N–C) groups is 1. The molecule has 27 heavy (non-hydrogen) atoms. The van der Waals surface area contributed by atoms with Gasteiger partial charge in [0.1, 0.15) is 0 Å². The van der Waals surface area contributed by atoms with Gasteiger partial charge in [0.05, 0.1) is 12.9 Å². The van der Waals surface area contributed by atoms with Crippen molar-refractivity contribution in [3.8, 4) is 0 Å². The molecule has 148 valence electrons. The van der Waals surface area contributed by atoms with Gasteiger partial charge in [-0.15, -0.1) is 24.0 Å². The number of halogens is 1. The Hall–Kier alpha value is -1.61. The summed E-state index contributed by atoms with van der Waals surface area (Å²) in [4.78, 5) is 10.6. The van der Waals surface area contributed by atoms with Gasteiger partial charge in [-0.2, -0.15) is 0 Å². The lowest BCUT2D eigenvalue weighted by molar-refractivity contribution is 0.115.